The number of Topliss-reactive ketones (excluding diaryl/α,β-unsaturated/α-hetero) is 1. The van der Waals surface area contributed by atoms with E-state index in [4.69, 9.17) is 10.5 Å². The number of benzene rings is 1. The first-order valence-corrected chi connectivity index (χ1v) is 6.89. The molecule has 0 aromatic heterocycles. The number of anilines is 2. The van der Waals surface area contributed by atoms with Gasteiger partial charge in [-0.15, -0.1) is 0 Å². The van der Waals surface area contributed by atoms with E-state index in [0.717, 1.165) is 37.8 Å². The molecule has 0 aliphatic heterocycles. The predicted octanol–water partition coefficient (Wildman–Crippen LogP) is 2.70. The van der Waals surface area contributed by atoms with Crippen molar-refractivity contribution in [2.75, 3.05) is 30.8 Å². The molecule has 1 aromatic carbocycles. The van der Waals surface area contributed by atoms with Crippen LogP contribution in [0.25, 0.3) is 0 Å². The summed E-state index contributed by atoms with van der Waals surface area (Å²) in [6.07, 6.45) is 3.63. The van der Waals surface area contributed by atoms with Crippen molar-refractivity contribution in [2.45, 2.75) is 26.2 Å². The molecule has 4 nitrogen and oxygen atoms in total. The van der Waals surface area contributed by atoms with Crippen molar-refractivity contribution in [3.8, 4) is 0 Å². The van der Waals surface area contributed by atoms with E-state index in [0.29, 0.717) is 11.3 Å². The monoisotopic (exact) mass is 262 g/mol. The van der Waals surface area contributed by atoms with Crippen molar-refractivity contribution < 1.29 is 9.53 Å². The molecule has 1 saturated carbocycles. The summed E-state index contributed by atoms with van der Waals surface area (Å²) in [6.45, 7) is 4.07. The summed E-state index contributed by atoms with van der Waals surface area (Å²) in [5, 5.41) is 3.28. The Morgan fingerprint density at radius 3 is 2.95 bits per heavy atom. The number of nitrogen functional groups attached to an aromatic ring is 1. The summed E-state index contributed by atoms with van der Waals surface area (Å²) in [4.78, 5) is 11.4. The first-order chi connectivity index (χ1) is 9.16. The minimum Gasteiger partial charge on any atom is -0.398 e. The Labute approximate surface area is 114 Å². The van der Waals surface area contributed by atoms with E-state index in [9.17, 15) is 4.79 Å². The number of carbonyl (C=O) groups excluding carboxylic acids is 1. The van der Waals surface area contributed by atoms with Gasteiger partial charge < -0.3 is 15.8 Å². The molecule has 0 amide bonds. The van der Waals surface area contributed by atoms with Crippen molar-refractivity contribution in [1.29, 1.82) is 0 Å². The van der Waals surface area contributed by atoms with E-state index in [1.807, 2.05) is 12.1 Å². The van der Waals surface area contributed by atoms with Crippen molar-refractivity contribution in [1.82, 2.24) is 0 Å². The highest BCUT2D eigenvalue weighted by atomic mass is 16.5. The van der Waals surface area contributed by atoms with Crippen LogP contribution in [0.1, 0.15) is 36.5 Å². The Morgan fingerprint density at radius 2 is 2.26 bits per heavy atom. The minimum absolute atomic E-state index is 0.00563. The molecule has 4 heteroatoms. The third-order valence-corrected chi connectivity index (χ3v) is 3.28. The molecule has 3 N–H and O–H groups in total. The van der Waals surface area contributed by atoms with E-state index in [2.05, 4.69) is 5.32 Å². The molecule has 0 bridgehead atoms. The summed E-state index contributed by atoms with van der Waals surface area (Å²) < 4.78 is 5.56. The summed E-state index contributed by atoms with van der Waals surface area (Å²) in [6, 6.07) is 5.47. The van der Waals surface area contributed by atoms with Gasteiger partial charge in [-0.25, -0.2) is 0 Å². The zero-order valence-corrected chi connectivity index (χ0v) is 11.4. The first-order valence-electron chi connectivity index (χ1n) is 6.89. The summed E-state index contributed by atoms with van der Waals surface area (Å²) in [5.41, 5.74) is 7.79. The number of ketones is 1. The molecule has 2 rings (SSSR count). The molecule has 0 atom stereocenters. The van der Waals surface area contributed by atoms with Crippen LogP contribution in [0, 0.1) is 5.92 Å². The van der Waals surface area contributed by atoms with Gasteiger partial charge in [0.25, 0.3) is 0 Å². The van der Waals surface area contributed by atoms with Crippen LogP contribution in [0.15, 0.2) is 18.2 Å². The highest BCUT2D eigenvalue weighted by Crippen LogP contribution is 2.28. The highest BCUT2D eigenvalue weighted by Gasteiger charge is 2.20. The fraction of sp³-hybridized carbons (Fsp3) is 0.533. The lowest BCUT2D eigenvalue weighted by Gasteiger charge is -2.09. The molecular formula is C15H22N2O2. The fourth-order valence-corrected chi connectivity index (χ4v) is 1.91. The largest absolute Gasteiger partial charge is 0.398 e. The van der Waals surface area contributed by atoms with Crippen LogP contribution in [-0.4, -0.2) is 25.5 Å². The second kappa shape index (κ2) is 6.57. The van der Waals surface area contributed by atoms with Gasteiger partial charge >= 0.3 is 0 Å². The Hall–Kier alpha value is -1.55. The minimum atomic E-state index is -0.00563. The lowest BCUT2D eigenvalue weighted by molar-refractivity contribution is 0.101. The maximum atomic E-state index is 11.4. The molecule has 0 heterocycles. The summed E-state index contributed by atoms with van der Waals surface area (Å²) in [7, 11) is 0. The number of hydrogen-bond acceptors (Lipinski definition) is 4. The van der Waals surface area contributed by atoms with Gasteiger partial charge in [0.1, 0.15) is 0 Å². The van der Waals surface area contributed by atoms with E-state index in [-0.39, 0.29) is 5.78 Å². The molecule has 0 spiro atoms. The SMILES string of the molecule is CC(=O)c1cc(NCCCOCC2CC2)ccc1N. The second-order valence-corrected chi connectivity index (χ2v) is 5.16. The number of nitrogens with two attached hydrogens (primary N) is 1. The molecular weight excluding hydrogens is 240 g/mol. The van der Waals surface area contributed by atoms with Gasteiger partial charge in [-0.05, 0) is 50.3 Å². The average Bonchev–Trinajstić information content (AvgIpc) is 3.19. The first kappa shape index (κ1) is 13.9. The Morgan fingerprint density at radius 1 is 1.47 bits per heavy atom. The molecule has 0 saturated heterocycles. The average molecular weight is 262 g/mol. The van der Waals surface area contributed by atoms with E-state index in [1.165, 1.54) is 19.8 Å². The molecule has 0 unspecified atom stereocenters. The zero-order chi connectivity index (χ0) is 13.7. The Bertz CT molecular complexity index is 442. The van der Waals surface area contributed by atoms with Crippen LogP contribution >= 0.6 is 0 Å². The molecule has 1 fully saturated rings. The molecule has 0 radical (unpaired) electrons. The molecule has 1 aliphatic rings. The molecule has 1 aromatic rings. The number of hydrogen-bond donors (Lipinski definition) is 2. The van der Waals surface area contributed by atoms with Gasteiger partial charge in [0.05, 0.1) is 0 Å². The van der Waals surface area contributed by atoms with Crippen molar-refractivity contribution in [2.24, 2.45) is 5.92 Å². The fourth-order valence-electron chi connectivity index (χ4n) is 1.91. The van der Waals surface area contributed by atoms with Crippen molar-refractivity contribution >= 4 is 17.2 Å². The van der Waals surface area contributed by atoms with Gasteiger partial charge in [-0.3, -0.25) is 4.79 Å². The smallest absolute Gasteiger partial charge is 0.161 e. The maximum absolute atomic E-state index is 11.4. The number of rotatable bonds is 8. The van der Waals surface area contributed by atoms with Crippen molar-refractivity contribution in [3.63, 3.8) is 0 Å². The lowest BCUT2D eigenvalue weighted by atomic mass is 10.1. The van der Waals surface area contributed by atoms with Gasteiger partial charge in [0.15, 0.2) is 5.78 Å². The van der Waals surface area contributed by atoms with Crippen molar-refractivity contribution in [3.05, 3.63) is 23.8 Å². The van der Waals surface area contributed by atoms with Gasteiger partial charge in [0.2, 0.25) is 0 Å². The lowest BCUT2D eigenvalue weighted by Crippen LogP contribution is -2.08. The second-order valence-electron chi connectivity index (χ2n) is 5.16. The van der Waals surface area contributed by atoms with Gasteiger partial charge in [-0.2, -0.15) is 0 Å². The van der Waals surface area contributed by atoms with Gasteiger partial charge in [0, 0.05) is 36.7 Å². The van der Waals surface area contributed by atoms with Gasteiger partial charge in [-0.1, -0.05) is 0 Å². The van der Waals surface area contributed by atoms with E-state index < -0.39 is 0 Å². The highest BCUT2D eigenvalue weighted by molar-refractivity contribution is 5.99. The van der Waals surface area contributed by atoms with Crippen LogP contribution in [0.5, 0.6) is 0 Å². The van der Waals surface area contributed by atoms with Crippen LogP contribution in [0.3, 0.4) is 0 Å². The zero-order valence-electron chi connectivity index (χ0n) is 11.4. The molecule has 104 valence electrons. The Kier molecular flexibility index (Phi) is 4.80. The number of carbonyl (C=O) groups is 1. The molecule has 1 aliphatic carbocycles. The maximum Gasteiger partial charge on any atom is 0.161 e. The standard InChI is InChI=1S/C15H22N2O2/c1-11(18)14-9-13(5-6-15(14)16)17-7-2-8-19-10-12-3-4-12/h5-6,9,12,17H,2-4,7-8,10,16H2,1H3. The normalized spacial score (nSPS) is 14.4. The number of nitrogens with one attached hydrogen (secondary N) is 1. The van der Waals surface area contributed by atoms with Crippen LogP contribution in [0.2, 0.25) is 0 Å². The van der Waals surface area contributed by atoms with Crippen LogP contribution < -0.4 is 11.1 Å². The van der Waals surface area contributed by atoms with E-state index >= 15 is 0 Å². The van der Waals surface area contributed by atoms with Crippen LogP contribution in [0.4, 0.5) is 11.4 Å². The van der Waals surface area contributed by atoms with Crippen LogP contribution in [-0.2, 0) is 4.74 Å². The quantitative estimate of drug-likeness (QED) is 0.429. The Balaban J connectivity index is 1.69. The predicted molar refractivity (Wildman–Crippen MR) is 77.5 cm³/mol. The summed E-state index contributed by atoms with van der Waals surface area (Å²) >= 11 is 0. The summed E-state index contributed by atoms with van der Waals surface area (Å²) in [5.74, 6) is 0.817. The van der Waals surface area contributed by atoms with E-state index in [1.54, 1.807) is 6.07 Å². The third-order valence-electron chi connectivity index (χ3n) is 3.28. The number of ether oxygens (including phenoxy) is 1. The topological polar surface area (TPSA) is 64.3 Å². The third kappa shape index (κ3) is 4.56. The molecule has 19 heavy (non-hydrogen) atoms.